The van der Waals surface area contributed by atoms with E-state index in [1.165, 1.54) is 24.8 Å². The summed E-state index contributed by atoms with van der Waals surface area (Å²) in [6, 6.07) is 10.5. The van der Waals surface area contributed by atoms with Gasteiger partial charge in [0.05, 0.1) is 13.2 Å². The summed E-state index contributed by atoms with van der Waals surface area (Å²) < 4.78 is 15.4. The van der Waals surface area contributed by atoms with E-state index < -0.39 is 12.1 Å². The van der Waals surface area contributed by atoms with E-state index in [-0.39, 0.29) is 36.6 Å². The number of aryl methyl sites for hydroxylation is 1. The van der Waals surface area contributed by atoms with Crippen LogP contribution in [-0.2, 0) is 11.2 Å². The quantitative estimate of drug-likeness (QED) is 0.561. The van der Waals surface area contributed by atoms with E-state index in [1.54, 1.807) is 6.07 Å². The van der Waals surface area contributed by atoms with E-state index >= 15 is 0 Å². The second-order valence-electron chi connectivity index (χ2n) is 6.82. The molecule has 0 saturated heterocycles. The molecule has 29 heavy (non-hydrogen) atoms. The van der Waals surface area contributed by atoms with E-state index in [1.807, 2.05) is 18.2 Å². The van der Waals surface area contributed by atoms with Crippen LogP contribution in [0.25, 0.3) is 0 Å². The lowest BCUT2D eigenvalue weighted by molar-refractivity contribution is 0.0597. The van der Waals surface area contributed by atoms with E-state index in [4.69, 9.17) is 9.47 Å². The predicted molar refractivity (Wildman–Crippen MR) is 110 cm³/mol. The average Bonchev–Trinajstić information content (AvgIpc) is 3.18. The van der Waals surface area contributed by atoms with Crippen LogP contribution in [0, 0.1) is 0 Å². The molecule has 8 heteroatoms. The van der Waals surface area contributed by atoms with E-state index in [2.05, 4.69) is 17.0 Å². The molecule has 0 radical (unpaired) electrons. The minimum absolute atomic E-state index is 0. The van der Waals surface area contributed by atoms with Crippen LogP contribution in [0.4, 0.5) is 0 Å². The molecule has 7 nitrogen and oxygen atoms in total. The third kappa shape index (κ3) is 5.76. The molecule has 3 rings (SSSR count). The van der Waals surface area contributed by atoms with Crippen molar-refractivity contribution in [3.8, 4) is 17.2 Å². The number of halogens is 1. The molecule has 0 fully saturated rings. The number of nitrogens with one attached hydrogen (secondary N) is 1. The van der Waals surface area contributed by atoms with Gasteiger partial charge in [-0.2, -0.15) is 0 Å². The van der Waals surface area contributed by atoms with Gasteiger partial charge in [0.2, 0.25) is 6.79 Å². The largest absolute Gasteiger partial charge is 0.507 e. The molecular weight excluding hydrogens is 398 g/mol. The molecule has 158 valence electrons. The normalized spacial score (nSPS) is 14.0. The van der Waals surface area contributed by atoms with Crippen molar-refractivity contribution in [2.24, 2.45) is 0 Å². The predicted octanol–water partition coefficient (Wildman–Crippen LogP) is 2.97. The van der Waals surface area contributed by atoms with Crippen molar-refractivity contribution in [1.29, 1.82) is 0 Å². The number of aromatic hydroxyl groups is 1. The van der Waals surface area contributed by atoms with Gasteiger partial charge in [-0.15, -0.1) is 12.4 Å². The summed E-state index contributed by atoms with van der Waals surface area (Å²) in [6.45, 7) is 2.65. The first-order valence-electron chi connectivity index (χ1n) is 9.19. The van der Waals surface area contributed by atoms with Crippen molar-refractivity contribution in [3.63, 3.8) is 0 Å². The maximum atomic E-state index is 11.7. The maximum Gasteiger partial charge on any atom is 0.341 e. The molecule has 0 aliphatic carbocycles. The molecule has 2 aromatic carbocycles. The fourth-order valence-electron chi connectivity index (χ4n) is 3.05. The number of esters is 1. The van der Waals surface area contributed by atoms with Crippen molar-refractivity contribution in [2.75, 3.05) is 20.4 Å². The van der Waals surface area contributed by atoms with Crippen molar-refractivity contribution in [1.82, 2.24) is 5.32 Å². The Labute approximate surface area is 176 Å². The smallest absolute Gasteiger partial charge is 0.341 e. The van der Waals surface area contributed by atoms with Crippen molar-refractivity contribution in [3.05, 3.63) is 53.1 Å². The van der Waals surface area contributed by atoms with Crippen LogP contribution >= 0.6 is 12.4 Å². The monoisotopic (exact) mass is 423 g/mol. The molecule has 0 aromatic heterocycles. The van der Waals surface area contributed by atoms with Gasteiger partial charge < -0.3 is 29.7 Å². The number of aliphatic hydroxyl groups is 1. The minimum Gasteiger partial charge on any atom is -0.507 e. The first-order valence-corrected chi connectivity index (χ1v) is 9.19. The van der Waals surface area contributed by atoms with Crippen molar-refractivity contribution >= 4 is 18.4 Å². The number of phenols is 1. The first-order chi connectivity index (χ1) is 13.5. The van der Waals surface area contributed by atoms with E-state index in [0.717, 1.165) is 24.3 Å². The van der Waals surface area contributed by atoms with Gasteiger partial charge in [-0.3, -0.25) is 0 Å². The molecule has 1 aliphatic heterocycles. The zero-order chi connectivity index (χ0) is 20.1. The summed E-state index contributed by atoms with van der Waals surface area (Å²) in [6.07, 6.45) is 0.944. The van der Waals surface area contributed by atoms with Gasteiger partial charge in [-0.05, 0) is 55.2 Å². The standard InChI is InChI=1S/C21H25NO6.ClH/c1-13(3-4-14-5-8-19-20(9-14)28-12-27-19)22-11-18(24)15-6-7-17(23)16(10-15)21(25)26-2;/h5-10,13,18,22-24H,3-4,11-12H2,1-2H3;1H. The Kier molecular flexibility index (Phi) is 8.13. The Morgan fingerprint density at radius 2 is 1.97 bits per heavy atom. The Hall–Kier alpha value is -2.48. The van der Waals surface area contributed by atoms with Crippen LogP contribution in [-0.4, -0.2) is 42.7 Å². The maximum absolute atomic E-state index is 11.7. The molecule has 0 amide bonds. The van der Waals surface area contributed by atoms with Crippen molar-refractivity contribution in [2.45, 2.75) is 31.9 Å². The van der Waals surface area contributed by atoms with Crippen LogP contribution in [0.15, 0.2) is 36.4 Å². The molecule has 1 aliphatic rings. The molecule has 0 bridgehead atoms. The zero-order valence-electron chi connectivity index (χ0n) is 16.4. The van der Waals surface area contributed by atoms with Crippen LogP contribution in [0.3, 0.4) is 0 Å². The summed E-state index contributed by atoms with van der Waals surface area (Å²) in [5, 5.41) is 23.5. The minimum atomic E-state index is -0.808. The number of hydrogen-bond acceptors (Lipinski definition) is 7. The van der Waals surface area contributed by atoms with Crippen molar-refractivity contribution < 1.29 is 29.2 Å². The van der Waals surface area contributed by atoms with Gasteiger partial charge in [-0.25, -0.2) is 4.79 Å². The molecule has 2 aromatic rings. The highest BCUT2D eigenvalue weighted by Crippen LogP contribution is 2.32. The number of carbonyl (C=O) groups excluding carboxylic acids is 1. The lowest BCUT2D eigenvalue weighted by Crippen LogP contribution is -2.30. The number of hydrogen-bond donors (Lipinski definition) is 3. The summed E-state index contributed by atoms with van der Waals surface area (Å²) in [4.78, 5) is 11.7. The molecule has 2 unspecified atom stereocenters. The van der Waals surface area contributed by atoms with Gasteiger partial charge in [-0.1, -0.05) is 12.1 Å². The first kappa shape index (κ1) is 22.8. The Balaban J connectivity index is 0.00000300. The summed E-state index contributed by atoms with van der Waals surface area (Å²) in [5.74, 6) is 0.741. The SMILES string of the molecule is COC(=O)c1cc(C(O)CNC(C)CCc2ccc3c(c2)OCO3)ccc1O.Cl. The average molecular weight is 424 g/mol. The highest BCUT2D eigenvalue weighted by atomic mass is 35.5. The van der Waals surface area contributed by atoms with Gasteiger partial charge >= 0.3 is 5.97 Å². The second kappa shape index (κ2) is 10.3. The van der Waals surface area contributed by atoms with Gasteiger partial charge in [0.1, 0.15) is 11.3 Å². The number of methoxy groups -OCH3 is 1. The van der Waals surface area contributed by atoms with Crippen LogP contribution in [0.2, 0.25) is 0 Å². The fraction of sp³-hybridized carbons (Fsp3) is 0.381. The highest BCUT2D eigenvalue weighted by molar-refractivity contribution is 5.92. The lowest BCUT2D eigenvalue weighted by atomic mass is 10.0. The number of fused-ring (bicyclic) bond motifs is 1. The van der Waals surface area contributed by atoms with Gasteiger partial charge in [0.25, 0.3) is 0 Å². The molecule has 3 N–H and O–H groups in total. The molecule has 0 saturated carbocycles. The summed E-state index contributed by atoms with van der Waals surface area (Å²) >= 11 is 0. The fourth-order valence-corrected chi connectivity index (χ4v) is 3.05. The Bertz CT molecular complexity index is 844. The number of aliphatic hydroxyl groups excluding tert-OH is 1. The number of carbonyl (C=O) groups is 1. The van der Waals surface area contributed by atoms with Gasteiger partial charge in [0.15, 0.2) is 11.5 Å². The molecule has 2 atom stereocenters. The van der Waals surface area contributed by atoms with Crippen LogP contribution < -0.4 is 14.8 Å². The molecule has 1 heterocycles. The summed E-state index contributed by atoms with van der Waals surface area (Å²) in [7, 11) is 1.24. The third-order valence-electron chi connectivity index (χ3n) is 4.77. The van der Waals surface area contributed by atoms with Crippen LogP contribution in [0.1, 0.15) is 40.9 Å². The number of benzene rings is 2. The van der Waals surface area contributed by atoms with E-state index in [0.29, 0.717) is 12.1 Å². The van der Waals surface area contributed by atoms with Gasteiger partial charge in [0, 0.05) is 12.6 Å². The number of ether oxygens (including phenoxy) is 3. The lowest BCUT2D eigenvalue weighted by Gasteiger charge is -2.18. The Morgan fingerprint density at radius 1 is 1.21 bits per heavy atom. The topological polar surface area (TPSA) is 97.3 Å². The third-order valence-corrected chi connectivity index (χ3v) is 4.77. The Morgan fingerprint density at radius 3 is 2.72 bits per heavy atom. The molecular formula is C21H26ClNO6. The zero-order valence-corrected chi connectivity index (χ0v) is 17.2. The van der Waals surface area contributed by atoms with Crippen LogP contribution in [0.5, 0.6) is 17.2 Å². The highest BCUT2D eigenvalue weighted by Gasteiger charge is 2.17. The second-order valence-corrected chi connectivity index (χ2v) is 6.82. The van der Waals surface area contributed by atoms with E-state index in [9.17, 15) is 15.0 Å². The summed E-state index contributed by atoms with van der Waals surface area (Å²) in [5.41, 5.74) is 1.74. The molecule has 0 spiro atoms. The number of rotatable bonds is 8. The number of phenolic OH excluding ortho intramolecular Hbond substituents is 1.